The van der Waals surface area contributed by atoms with Gasteiger partial charge < -0.3 is 14.8 Å². The number of hydrogen-bond acceptors (Lipinski definition) is 4. The molecule has 0 saturated carbocycles. The minimum Gasteiger partial charge on any atom is -0.494 e. The van der Waals surface area contributed by atoms with Crippen LogP contribution in [-0.2, 0) is 14.3 Å². The van der Waals surface area contributed by atoms with E-state index >= 15 is 0 Å². The third kappa shape index (κ3) is 7.08. The van der Waals surface area contributed by atoms with Crippen LogP contribution in [-0.4, -0.2) is 25.1 Å². The van der Waals surface area contributed by atoms with E-state index in [4.69, 9.17) is 9.47 Å². The second kappa shape index (κ2) is 10.1. The summed E-state index contributed by atoms with van der Waals surface area (Å²) < 4.78 is 10.5. The van der Waals surface area contributed by atoms with Gasteiger partial charge in [-0.1, -0.05) is 48.5 Å². The van der Waals surface area contributed by atoms with Gasteiger partial charge in [-0.2, -0.15) is 0 Å². The maximum absolute atomic E-state index is 11.8. The van der Waals surface area contributed by atoms with Crippen molar-refractivity contribution in [1.82, 2.24) is 5.32 Å². The van der Waals surface area contributed by atoms with Crippen molar-refractivity contribution in [3.63, 3.8) is 0 Å². The molecule has 0 fully saturated rings. The lowest BCUT2D eigenvalue weighted by atomic mass is 10.1. The Morgan fingerprint density at radius 1 is 1.00 bits per heavy atom. The number of nitrogens with one attached hydrogen (secondary N) is 1. The predicted molar refractivity (Wildman–Crippen MR) is 95.1 cm³/mol. The van der Waals surface area contributed by atoms with E-state index in [9.17, 15) is 9.59 Å². The third-order valence-corrected chi connectivity index (χ3v) is 3.58. The van der Waals surface area contributed by atoms with Crippen LogP contribution < -0.4 is 10.1 Å². The molecule has 132 valence electrons. The molecular weight excluding hydrogens is 318 g/mol. The molecule has 0 saturated heterocycles. The number of hydrogen-bond donors (Lipinski definition) is 1. The summed E-state index contributed by atoms with van der Waals surface area (Å²) in [5.41, 5.74) is 1.00. The minimum atomic E-state index is -0.404. The zero-order valence-corrected chi connectivity index (χ0v) is 14.3. The van der Waals surface area contributed by atoms with Crippen LogP contribution >= 0.6 is 0 Å². The number of para-hydroxylation sites is 1. The lowest BCUT2D eigenvalue weighted by Crippen LogP contribution is -2.31. The molecule has 0 aromatic heterocycles. The van der Waals surface area contributed by atoms with Gasteiger partial charge in [0.15, 0.2) is 6.61 Å². The van der Waals surface area contributed by atoms with E-state index in [1.54, 1.807) is 0 Å². The normalized spacial score (nSPS) is 11.4. The Bertz CT molecular complexity index is 658. The van der Waals surface area contributed by atoms with Crippen LogP contribution in [0.5, 0.6) is 5.75 Å². The van der Waals surface area contributed by atoms with Crippen LogP contribution in [0.1, 0.15) is 31.4 Å². The summed E-state index contributed by atoms with van der Waals surface area (Å²) in [6.45, 7) is 2.04. The zero-order valence-electron chi connectivity index (χ0n) is 14.3. The van der Waals surface area contributed by atoms with Crippen molar-refractivity contribution < 1.29 is 19.1 Å². The second-order valence-corrected chi connectivity index (χ2v) is 5.63. The monoisotopic (exact) mass is 341 g/mol. The lowest BCUT2D eigenvalue weighted by molar-refractivity contribution is -0.148. The van der Waals surface area contributed by atoms with Gasteiger partial charge in [0.1, 0.15) is 5.75 Å². The summed E-state index contributed by atoms with van der Waals surface area (Å²) in [5.74, 6) is 0.0505. The number of rotatable bonds is 9. The molecule has 1 unspecified atom stereocenters. The van der Waals surface area contributed by atoms with E-state index in [1.165, 1.54) is 0 Å². The molecule has 5 heteroatoms. The van der Waals surface area contributed by atoms with Gasteiger partial charge in [0.25, 0.3) is 5.91 Å². The van der Waals surface area contributed by atoms with Crippen molar-refractivity contribution in [2.45, 2.75) is 25.8 Å². The van der Waals surface area contributed by atoms with Crippen molar-refractivity contribution in [1.29, 1.82) is 0 Å². The molecule has 1 atom stereocenters. The van der Waals surface area contributed by atoms with E-state index in [0.717, 1.165) is 11.3 Å². The first-order chi connectivity index (χ1) is 12.1. The van der Waals surface area contributed by atoms with Gasteiger partial charge in [-0.3, -0.25) is 9.59 Å². The Kier molecular flexibility index (Phi) is 7.50. The standard InChI is InChI=1S/C20H23NO4/c1-16(17-9-4-2-5-10-17)21-19(22)15-25-20(23)13-8-14-24-18-11-6-3-7-12-18/h2-7,9-12,16H,8,13-15H2,1H3,(H,21,22). The van der Waals surface area contributed by atoms with E-state index < -0.39 is 5.97 Å². The van der Waals surface area contributed by atoms with Crippen molar-refractivity contribution in [2.75, 3.05) is 13.2 Å². The van der Waals surface area contributed by atoms with E-state index in [1.807, 2.05) is 67.6 Å². The topological polar surface area (TPSA) is 64.6 Å². The minimum absolute atomic E-state index is 0.133. The van der Waals surface area contributed by atoms with Crippen LogP contribution in [0.25, 0.3) is 0 Å². The first-order valence-corrected chi connectivity index (χ1v) is 8.33. The highest BCUT2D eigenvalue weighted by Crippen LogP contribution is 2.11. The molecule has 2 aromatic carbocycles. The molecule has 0 aliphatic rings. The van der Waals surface area contributed by atoms with Gasteiger partial charge in [-0.15, -0.1) is 0 Å². The highest BCUT2D eigenvalue weighted by Gasteiger charge is 2.11. The highest BCUT2D eigenvalue weighted by molar-refractivity contribution is 5.80. The molecule has 0 heterocycles. The van der Waals surface area contributed by atoms with Crippen LogP contribution in [0.2, 0.25) is 0 Å². The van der Waals surface area contributed by atoms with E-state index in [0.29, 0.717) is 13.0 Å². The molecular formula is C20H23NO4. The Hall–Kier alpha value is -2.82. The summed E-state index contributed by atoms with van der Waals surface area (Å²) >= 11 is 0. The van der Waals surface area contributed by atoms with Crippen molar-refractivity contribution in [3.05, 3.63) is 66.2 Å². The van der Waals surface area contributed by atoms with Gasteiger partial charge in [0.2, 0.25) is 0 Å². The smallest absolute Gasteiger partial charge is 0.306 e. The molecule has 5 nitrogen and oxygen atoms in total. The predicted octanol–water partition coefficient (Wildman–Crippen LogP) is 3.27. The Balaban J connectivity index is 1.58. The van der Waals surface area contributed by atoms with E-state index in [-0.39, 0.29) is 25.0 Å². The second-order valence-electron chi connectivity index (χ2n) is 5.63. The van der Waals surface area contributed by atoms with Gasteiger partial charge in [-0.25, -0.2) is 0 Å². The summed E-state index contributed by atoms with van der Waals surface area (Å²) in [7, 11) is 0. The molecule has 0 aliphatic carbocycles. The largest absolute Gasteiger partial charge is 0.494 e. The first kappa shape index (κ1) is 18.5. The van der Waals surface area contributed by atoms with Gasteiger partial charge >= 0.3 is 5.97 Å². The number of ether oxygens (including phenoxy) is 2. The molecule has 0 bridgehead atoms. The van der Waals surface area contributed by atoms with Crippen LogP contribution in [0.3, 0.4) is 0 Å². The Labute approximate surface area is 148 Å². The first-order valence-electron chi connectivity index (χ1n) is 8.33. The fourth-order valence-corrected chi connectivity index (χ4v) is 2.25. The third-order valence-electron chi connectivity index (χ3n) is 3.58. The van der Waals surface area contributed by atoms with Crippen LogP contribution in [0.15, 0.2) is 60.7 Å². The van der Waals surface area contributed by atoms with Crippen molar-refractivity contribution in [3.8, 4) is 5.75 Å². The molecule has 1 amide bonds. The number of benzene rings is 2. The maximum atomic E-state index is 11.8. The van der Waals surface area contributed by atoms with Gasteiger partial charge in [0, 0.05) is 6.42 Å². The average Bonchev–Trinajstić information content (AvgIpc) is 2.65. The lowest BCUT2D eigenvalue weighted by Gasteiger charge is -2.14. The summed E-state index contributed by atoms with van der Waals surface area (Å²) in [4.78, 5) is 23.5. The fraction of sp³-hybridized carbons (Fsp3) is 0.300. The summed E-state index contributed by atoms with van der Waals surface area (Å²) in [6, 6.07) is 18.9. The van der Waals surface area contributed by atoms with Crippen LogP contribution in [0.4, 0.5) is 0 Å². The number of carbonyl (C=O) groups is 2. The zero-order chi connectivity index (χ0) is 17.9. The summed E-state index contributed by atoms with van der Waals surface area (Å²) in [6.07, 6.45) is 0.754. The average molecular weight is 341 g/mol. The molecule has 0 aliphatic heterocycles. The molecule has 25 heavy (non-hydrogen) atoms. The number of esters is 1. The molecule has 2 aromatic rings. The number of amides is 1. The van der Waals surface area contributed by atoms with Crippen molar-refractivity contribution >= 4 is 11.9 Å². The molecule has 2 rings (SSSR count). The summed E-state index contributed by atoms with van der Waals surface area (Å²) in [5, 5.41) is 2.80. The Morgan fingerprint density at radius 3 is 2.32 bits per heavy atom. The van der Waals surface area contributed by atoms with Crippen molar-refractivity contribution in [2.24, 2.45) is 0 Å². The number of carbonyl (C=O) groups excluding carboxylic acids is 2. The quantitative estimate of drug-likeness (QED) is 0.562. The molecule has 0 radical (unpaired) electrons. The maximum Gasteiger partial charge on any atom is 0.306 e. The molecule has 1 N–H and O–H groups in total. The van der Waals surface area contributed by atoms with Crippen LogP contribution in [0, 0.1) is 0 Å². The fourth-order valence-electron chi connectivity index (χ4n) is 2.25. The highest BCUT2D eigenvalue weighted by atomic mass is 16.5. The van der Waals surface area contributed by atoms with E-state index in [2.05, 4.69) is 5.32 Å². The van der Waals surface area contributed by atoms with Gasteiger partial charge in [-0.05, 0) is 31.0 Å². The SMILES string of the molecule is CC(NC(=O)COC(=O)CCCOc1ccccc1)c1ccccc1. The van der Waals surface area contributed by atoms with Gasteiger partial charge in [0.05, 0.1) is 12.6 Å². The Morgan fingerprint density at radius 2 is 1.64 bits per heavy atom. The molecule has 0 spiro atoms.